The lowest BCUT2D eigenvalue weighted by Gasteiger charge is -2.19. The van der Waals surface area contributed by atoms with Crippen LogP contribution >= 0.6 is 0 Å². The number of esters is 1. The summed E-state index contributed by atoms with van der Waals surface area (Å²) in [5.41, 5.74) is 0.154. The van der Waals surface area contributed by atoms with E-state index in [-0.39, 0.29) is 28.4 Å². The van der Waals surface area contributed by atoms with Crippen molar-refractivity contribution in [3.63, 3.8) is 0 Å². The summed E-state index contributed by atoms with van der Waals surface area (Å²) in [4.78, 5) is 15.5. The van der Waals surface area contributed by atoms with Crippen LogP contribution in [0.4, 0.5) is 0 Å². The lowest BCUT2D eigenvalue weighted by atomic mass is 10.0. The molecule has 0 saturated carbocycles. The van der Waals surface area contributed by atoms with Gasteiger partial charge in [-0.3, -0.25) is 0 Å². The van der Waals surface area contributed by atoms with Crippen molar-refractivity contribution in [1.82, 2.24) is 0 Å². The predicted molar refractivity (Wildman–Crippen MR) is 203 cm³/mol. The third kappa shape index (κ3) is 15.5. The molecule has 0 spiro atoms. The van der Waals surface area contributed by atoms with E-state index in [1.54, 1.807) is 18.2 Å². The first-order valence-electron chi connectivity index (χ1n) is 17.8. The minimum atomic E-state index is -4.35. The molecular weight excluding hydrogens is 665 g/mol. The van der Waals surface area contributed by atoms with Crippen molar-refractivity contribution >= 4 is 27.0 Å². The monoisotopic (exact) mass is 718 g/mol. The average Bonchev–Trinajstić information content (AvgIpc) is 3.09. The molecule has 0 aliphatic carbocycles. The fourth-order valence-corrected chi connectivity index (χ4v) is 8.28. The predicted octanol–water partition coefficient (Wildman–Crippen LogP) is 10.6. The van der Waals surface area contributed by atoms with Crippen LogP contribution < -0.4 is 4.74 Å². The van der Waals surface area contributed by atoms with E-state index in [2.05, 4.69) is 67.6 Å². The summed E-state index contributed by atoms with van der Waals surface area (Å²) < 4.78 is 44.4. The van der Waals surface area contributed by atoms with E-state index >= 15 is 0 Å². The first-order chi connectivity index (χ1) is 24.0. The van der Waals surface area contributed by atoms with E-state index in [0.29, 0.717) is 17.7 Å². The molecule has 8 heteroatoms. The summed E-state index contributed by atoms with van der Waals surface area (Å²) in [7, 11) is -4.54. The standard InChI is InChI=1S/C24H25O3S.C18H30O3S/c1-24(2,3)27-23(25)18-26-19-14-16-22(17-15-19)28(20-10-6-4-7-11-20)21-12-8-5-9-13-21;1-2-3-4-5-6-7-8-9-10-11-14-17-15-12-13-16-18(17)22(19,20)21/h4-17H,18H2,1-3H3;12-13,15-16H,2-11,14H2,1H3,(H,19,20,21)/q+1;/p-1. The van der Waals surface area contributed by atoms with Crippen molar-refractivity contribution in [1.29, 1.82) is 0 Å². The maximum absolute atomic E-state index is 11.8. The largest absolute Gasteiger partial charge is 0.744 e. The summed E-state index contributed by atoms with van der Waals surface area (Å²) in [5.74, 6) is 0.282. The average molecular weight is 719 g/mol. The van der Waals surface area contributed by atoms with E-state index in [4.69, 9.17) is 9.47 Å². The molecular formula is C42H54O6S2. The van der Waals surface area contributed by atoms with Gasteiger partial charge >= 0.3 is 5.97 Å². The fourth-order valence-electron chi connectivity index (χ4n) is 5.46. The SMILES string of the molecule is CC(C)(C)OC(=O)COc1ccc([S+](c2ccccc2)c2ccccc2)cc1.CCCCCCCCCCCCc1ccccc1S(=O)(=O)[O-]. The van der Waals surface area contributed by atoms with Crippen LogP contribution in [0.1, 0.15) is 97.5 Å². The Balaban J connectivity index is 0.000000279. The van der Waals surface area contributed by atoms with Crippen LogP contribution in [0.2, 0.25) is 0 Å². The van der Waals surface area contributed by atoms with Crippen molar-refractivity contribution in [3.05, 3.63) is 115 Å². The quantitative estimate of drug-likeness (QED) is 0.0440. The molecule has 6 nitrogen and oxygen atoms in total. The Labute approximate surface area is 303 Å². The molecule has 0 aromatic heterocycles. The summed E-state index contributed by atoms with van der Waals surface area (Å²) in [5, 5.41) is 0. The number of carbonyl (C=O) groups is 1. The molecule has 0 fully saturated rings. The molecule has 0 aliphatic rings. The smallest absolute Gasteiger partial charge is 0.344 e. The molecule has 0 aliphatic heterocycles. The topological polar surface area (TPSA) is 92.7 Å². The number of ether oxygens (including phenoxy) is 2. The molecule has 4 aromatic rings. The van der Waals surface area contributed by atoms with Gasteiger partial charge in [0, 0.05) is 0 Å². The van der Waals surface area contributed by atoms with Gasteiger partial charge in [0.25, 0.3) is 0 Å². The van der Waals surface area contributed by atoms with Gasteiger partial charge in [-0.25, -0.2) is 13.2 Å². The lowest BCUT2D eigenvalue weighted by molar-refractivity contribution is -0.157. The van der Waals surface area contributed by atoms with Crippen LogP contribution in [-0.2, 0) is 37.0 Å². The molecule has 0 bridgehead atoms. The highest BCUT2D eigenvalue weighted by Crippen LogP contribution is 2.32. The van der Waals surface area contributed by atoms with Gasteiger partial charge in [-0.1, -0.05) is 119 Å². The lowest BCUT2D eigenvalue weighted by Crippen LogP contribution is -2.27. The van der Waals surface area contributed by atoms with E-state index in [9.17, 15) is 17.8 Å². The Morgan fingerprint density at radius 3 is 1.60 bits per heavy atom. The van der Waals surface area contributed by atoms with Gasteiger partial charge in [-0.15, -0.1) is 0 Å². The molecule has 270 valence electrons. The van der Waals surface area contributed by atoms with Gasteiger partial charge in [-0.05, 0) is 93.8 Å². The van der Waals surface area contributed by atoms with Crippen LogP contribution in [0.5, 0.6) is 5.75 Å². The van der Waals surface area contributed by atoms with Crippen molar-refractivity contribution in [2.75, 3.05) is 6.61 Å². The Kier molecular flexibility index (Phi) is 17.6. The summed E-state index contributed by atoms with van der Waals surface area (Å²) in [6.07, 6.45) is 13.2. The highest BCUT2D eigenvalue weighted by atomic mass is 32.2. The molecule has 0 N–H and O–H groups in total. The summed E-state index contributed by atoms with van der Waals surface area (Å²) in [6, 6.07) is 35.4. The zero-order chi connectivity index (χ0) is 36.2. The maximum atomic E-state index is 11.8. The van der Waals surface area contributed by atoms with Crippen molar-refractivity contribution in [2.45, 2.75) is 124 Å². The van der Waals surface area contributed by atoms with E-state index in [1.807, 2.05) is 45.0 Å². The minimum absolute atomic E-state index is 0.0501. The maximum Gasteiger partial charge on any atom is 0.344 e. The normalized spacial score (nSPS) is 11.5. The summed E-state index contributed by atoms with van der Waals surface area (Å²) >= 11 is 0. The molecule has 0 radical (unpaired) electrons. The highest BCUT2D eigenvalue weighted by Gasteiger charge is 2.28. The zero-order valence-electron chi connectivity index (χ0n) is 30.1. The second-order valence-corrected chi connectivity index (χ2v) is 16.6. The van der Waals surface area contributed by atoms with E-state index < -0.39 is 15.7 Å². The fraction of sp³-hybridized carbons (Fsp3) is 0.405. The molecule has 0 saturated heterocycles. The molecule has 0 unspecified atom stereocenters. The zero-order valence-corrected chi connectivity index (χ0v) is 31.8. The molecule has 50 heavy (non-hydrogen) atoms. The second kappa shape index (κ2) is 21.6. The number of hydrogen-bond acceptors (Lipinski definition) is 6. The first-order valence-corrected chi connectivity index (χ1v) is 20.4. The Bertz CT molecular complexity index is 1590. The minimum Gasteiger partial charge on any atom is -0.744 e. The molecule has 0 atom stereocenters. The number of aryl methyl sites for hydroxylation is 1. The van der Waals surface area contributed by atoms with Gasteiger partial charge < -0.3 is 14.0 Å². The van der Waals surface area contributed by atoms with Crippen LogP contribution in [0.25, 0.3) is 0 Å². The number of benzene rings is 4. The van der Waals surface area contributed by atoms with Crippen LogP contribution in [0.15, 0.2) is 129 Å². The van der Waals surface area contributed by atoms with Crippen molar-refractivity contribution in [2.24, 2.45) is 0 Å². The number of rotatable bonds is 18. The van der Waals surface area contributed by atoms with Crippen LogP contribution in [0.3, 0.4) is 0 Å². The number of hydrogen-bond donors (Lipinski definition) is 0. The van der Waals surface area contributed by atoms with E-state index in [1.165, 1.54) is 72.1 Å². The summed E-state index contributed by atoms with van der Waals surface area (Å²) in [6.45, 7) is 7.66. The Hall–Kier alpha value is -3.59. The highest BCUT2D eigenvalue weighted by molar-refractivity contribution is 7.97. The van der Waals surface area contributed by atoms with E-state index in [0.717, 1.165) is 12.8 Å². The molecule has 4 rings (SSSR count). The van der Waals surface area contributed by atoms with Gasteiger partial charge in [0.1, 0.15) is 21.5 Å². The van der Waals surface area contributed by atoms with Crippen LogP contribution in [-0.4, -0.2) is 31.1 Å². The van der Waals surface area contributed by atoms with Crippen LogP contribution in [0, 0.1) is 0 Å². The number of unbranched alkanes of at least 4 members (excludes halogenated alkanes) is 9. The van der Waals surface area contributed by atoms with Gasteiger partial charge in [-0.2, -0.15) is 0 Å². The molecule has 0 heterocycles. The van der Waals surface area contributed by atoms with Gasteiger partial charge in [0.15, 0.2) is 21.3 Å². The molecule has 4 aromatic carbocycles. The van der Waals surface area contributed by atoms with Crippen molar-refractivity contribution in [3.8, 4) is 5.75 Å². The third-order valence-corrected chi connectivity index (χ3v) is 11.0. The Morgan fingerprint density at radius 2 is 1.10 bits per heavy atom. The molecule has 0 amide bonds. The third-order valence-electron chi connectivity index (χ3n) is 7.84. The van der Waals surface area contributed by atoms with Crippen molar-refractivity contribution < 1.29 is 27.2 Å². The second-order valence-electron chi connectivity index (χ2n) is 13.3. The first kappa shape index (κ1) is 40.8. The number of carbonyl (C=O) groups excluding carboxylic acids is 1. The van der Waals surface area contributed by atoms with Gasteiger partial charge in [0.05, 0.1) is 15.8 Å². The Morgan fingerprint density at radius 1 is 0.640 bits per heavy atom. The van der Waals surface area contributed by atoms with Gasteiger partial charge in [0.2, 0.25) is 0 Å².